The number of aromatic nitrogens is 1. The van der Waals surface area contributed by atoms with Gasteiger partial charge in [-0.1, -0.05) is 26.2 Å². The summed E-state index contributed by atoms with van der Waals surface area (Å²) in [6.45, 7) is 4.60. The van der Waals surface area contributed by atoms with Gasteiger partial charge in [-0.3, -0.25) is 0 Å². The lowest BCUT2D eigenvalue weighted by atomic mass is 9.84. The molecule has 1 fully saturated rings. The number of rotatable bonds is 5. The average molecular weight is 252 g/mol. The molecule has 0 aliphatic heterocycles. The topological polar surface area (TPSA) is 24.9 Å². The molecule has 1 N–H and O–H groups in total. The van der Waals surface area contributed by atoms with Crippen LogP contribution in [0.2, 0.25) is 0 Å². The summed E-state index contributed by atoms with van der Waals surface area (Å²) in [6, 6.07) is 1.08. The van der Waals surface area contributed by atoms with Crippen molar-refractivity contribution in [2.45, 2.75) is 64.5 Å². The molecule has 96 valence electrons. The van der Waals surface area contributed by atoms with Gasteiger partial charge in [0.2, 0.25) is 0 Å². The first-order chi connectivity index (χ1) is 8.31. The summed E-state index contributed by atoms with van der Waals surface area (Å²) in [6.07, 6.45) is 10.1. The molecule has 1 aliphatic carbocycles. The molecule has 1 aromatic heterocycles. The van der Waals surface area contributed by atoms with Crippen LogP contribution in [-0.2, 0) is 0 Å². The van der Waals surface area contributed by atoms with Crippen molar-refractivity contribution in [1.29, 1.82) is 0 Å². The molecular weight excluding hydrogens is 228 g/mol. The van der Waals surface area contributed by atoms with Crippen LogP contribution < -0.4 is 5.32 Å². The van der Waals surface area contributed by atoms with E-state index in [1.165, 1.54) is 37.1 Å². The molecule has 2 nitrogen and oxygen atoms in total. The second kappa shape index (κ2) is 6.50. The van der Waals surface area contributed by atoms with Gasteiger partial charge in [0.1, 0.15) is 5.01 Å². The molecule has 0 amide bonds. The van der Waals surface area contributed by atoms with Crippen molar-refractivity contribution in [3.05, 3.63) is 16.6 Å². The molecule has 0 aromatic carbocycles. The minimum Gasteiger partial charge on any atom is -0.305 e. The van der Waals surface area contributed by atoms with Crippen molar-refractivity contribution >= 4 is 11.3 Å². The maximum atomic E-state index is 4.44. The zero-order chi connectivity index (χ0) is 12.1. The summed E-state index contributed by atoms with van der Waals surface area (Å²) in [4.78, 5) is 4.44. The Balaban J connectivity index is 1.89. The van der Waals surface area contributed by atoms with E-state index >= 15 is 0 Å². The predicted molar refractivity (Wildman–Crippen MR) is 74.3 cm³/mol. The van der Waals surface area contributed by atoms with E-state index in [2.05, 4.69) is 29.5 Å². The summed E-state index contributed by atoms with van der Waals surface area (Å²) in [7, 11) is 0. The monoisotopic (exact) mass is 252 g/mol. The first kappa shape index (κ1) is 13.0. The van der Waals surface area contributed by atoms with E-state index in [1.807, 2.05) is 6.20 Å². The summed E-state index contributed by atoms with van der Waals surface area (Å²) < 4.78 is 0. The van der Waals surface area contributed by atoms with Gasteiger partial charge >= 0.3 is 0 Å². The zero-order valence-electron chi connectivity index (χ0n) is 11.0. The zero-order valence-corrected chi connectivity index (χ0v) is 11.8. The van der Waals surface area contributed by atoms with Crippen molar-refractivity contribution in [2.75, 3.05) is 0 Å². The first-order valence-corrected chi connectivity index (χ1v) is 7.84. The Labute approximate surface area is 109 Å². The highest BCUT2D eigenvalue weighted by atomic mass is 32.1. The van der Waals surface area contributed by atoms with Crippen LogP contribution in [0.3, 0.4) is 0 Å². The molecule has 2 atom stereocenters. The Morgan fingerprint density at radius 3 is 2.76 bits per heavy atom. The molecule has 0 radical (unpaired) electrons. The van der Waals surface area contributed by atoms with Crippen LogP contribution >= 0.6 is 11.3 Å². The van der Waals surface area contributed by atoms with E-state index in [0.29, 0.717) is 12.1 Å². The van der Waals surface area contributed by atoms with Crippen LogP contribution in [0.5, 0.6) is 0 Å². The molecule has 2 unspecified atom stereocenters. The molecule has 17 heavy (non-hydrogen) atoms. The number of hydrogen-bond donors (Lipinski definition) is 1. The predicted octanol–water partition coefficient (Wildman–Crippen LogP) is 4.15. The third-order valence-corrected chi connectivity index (χ3v) is 4.87. The third-order valence-electron chi connectivity index (χ3n) is 3.98. The van der Waals surface area contributed by atoms with Crippen molar-refractivity contribution in [2.24, 2.45) is 5.92 Å². The van der Waals surface area contributed by atoms with Gasteiger partial charge in [-0.2, -0.15) is 0 Å². The SMILES string of the molecule is CCC(NC(C)C1CCCCC1)c1nccs1. The Bertz CT molecular complexity index is 304. The van der Waals surface area contributed by atoms with Gasteiger partial charge < -0.3 is 5.32 Å². The Morgan fingerprint density at radius 1 is 1.41 bits per heavy atom. The van der Waals surface area contributed by atoms with Crippen LogP contribution in [0.15, 0.2) is 11.6 Å². The highest BCUT2D eigenvalue weighted by Gasteiger charge is 2.23. The standard InChI is InChI=1S/C14H24N2S/c1-3-13(14-15-9-10-17-14)16-11(2)12-7-5-4-6-8-12/h9-13,16H,3-8H2,1-2H3. The van der Waals surface area contributed by atoms with Gasteiger partial charge in [0.15, 0.2) is 0 Å². The summed E-state index contributed by atoms with van der Waals surface area (Å²) in [5.74, 6) is 0.873. The third kappa shape index (κ3) is 3.52. The van der Waals surface area contributed by atoms with E-state index in [9.17, 15) is 0 Å². The highest BCUT2D eigenvalue weighted by Crippen LogP contribution is 2.28. The number of nitrogens with one attached hydrogen (secondary N) is 1. The summed E-state index contributed by atoms with van der Waals surface area (Å²) in [5, 5.41) is 7.11. The summed E-state index contributed by atoms with van der Waals surface area (Å²) in [5.41, 5.74) is 0. The largest absolute Gasteiger partial charge is 0.305 e. The van der Waals surface area contributed by atoms with Crippen molar-refractivity contribution in [3.8, 4) is 0 Å². The van der Waals surface area contributed by atoms with Gasteiger partial charge in [-0.25, -0.2) is 4.98 Å². The van der Waals surface area contributed by atoms with Gasteiger partial charge in [0.25, 0.3) is 0 Å². The molecule has 0 bridgehead atoms. The highest BCUT2D eigenvalue weighted by molar-refractivity contribution is 7.09. The second-order valence-electron chi connectivity index (χ2n) is 5.18. The maximum absolute atomic E-state index is 4.44. The molecule has 0 saturated heterocycles. The van der Waals surface area contributed by atoms with Gasteiger partial charge in [-0.15, -0.1) is 11.3 Å². The van der Waals surface area contributed by atoms with E-state index in [-0.39, 0.29) is 0 Å². The molecule has 1 aliphatic rings. The van der Waals surface area contributed by atoms with Crippen molar-refractivity contribution in [1.82, 2.24) is 10.3 Å². The number of hydrogen-bond acceptors (Lipinski definition) is 3. The van der Waals surface area contributed by atoms with Crippen LogP contribution in [0.4, 0.5) is 0 Å². The molecule has 1 aromatic rings. The fourth-order valence-electron chi connectivity index (χ4n) is 2.86. The summed E-state index contributed by atoms with van der Waals surface area (Å²) >= 11 is 1.77. The maximum Gasteiger partial charge on any atom is 0.109 e. The first-order valence-electron chi connectivity index (χ1n) is 6.96. The van der Waals surface area contributed by atoms with E-state index < -0.39 is 0 Å². The van der Waals surface area contributed by atoms with Crippen LogP contribution in [-0.4, -0.2) is 11.0 Å². The molecule has 1 saturated carbocycles. The molecular formula is C14H24N2S. The van der Waals surface area contributed by atoms with E-state index in [1.54, 1.807) is 11.3 Å². The molecule has 3 heteroatoms. The smallest absolute Gasteiger partial charge is 0.109 e. The van der Waals surface area contributed by atoms with Gasteiger partial charge in [0, 0.05) is 17.6 Å². The second-order valence-corrected chi connectivity index (χ2v) is 6.11. The normalized spacial score (nSPS) is 21.3. The van der Waals surface area contributed by atoms with Crippen LogP contribution in [0.1, 0.15) is 63.4 Å². The Morgan fingerprint density at radius 2 is 2.18 bits per heavy atom. The lowest BCUT2D eigenvalue weighted by Gasteiger charge is -2.31. The quantitative estimate of drug-likeness (QED) is 0.851. The number of nitrogens with zero attached hydrogens (tertiary/aromatic N) is 1. The lowest BCUT2D eigenvalue weighted by molar-refractivity contribution is 0.262. The van der Waals surface area contributed by atoms with Crippen LogP contribution in [0, 0.1) is 5.92 Å². The van der Waals surface area contributed by atoms with Gasteiger partial charge in [0.05, 0.1) is 6.04 Å². The van der Waals surface area contributed by atoms with Crippen LogP contribution in [0.25, 0.3) is 0 Å². The van der Waals surface area contributed by atoms with E-state index in [4.69, 9.17) is 0 Å². The van der Waals surface area contributed by atoms with Crippen molar-refractivity contribution in [3.63, 3.8) is 0 Å². The Kier molecular flexibility index (Phi) is 4.99. The van der Waals surface area contributed by atoms with E-state index in [0.717, 1.165) is 12.3 Å². The molecule has 1 heterocycles. The molecule has 2 rings (SSSR count). The molecule has 0 spiro atoms. The lowest BCUT2D eigenvalue weighted by Crippen LogP contribution is -2.37. The number of thiazole rings is 1. The minimum atomic E-state index is 0.451. The average Bonchev–Trinajstić information content (AvgIpc) is 2.90. The fraction of sp³-hybridized carbons (Fsp3) is 0.786. The van der Waals surface area contributed by atoms with Crippen molar-refractivity contribution < 1.29 is 0 Å². The van der Waals surface area contributed by atoms with Gasteiger partial charge in [-0.05, 0) is 32.1 Å². The fourth-order valence-corrected chi connectivity index (χ4v) is 3.64. The minimum absolute atomic E-state index is 0.451. The Hall–Kier alpha value is -0.410.